The molecule has 0 atom stereocenters. The van der Waals surface area contributed by atoms with E-state index < -0.39 is 0 Å². The molecule has 11 rings (SSSR count). The Bertz CT molecular complexity index is 3180. The van der Waals surface area contributed by atoms with E-state index >= 15 is 0 Å². The Morgan fingerprint density at radius 1 is 0.226 bits per heavy atom. The maximum atomic E-state index is 2.39. The molecule has 53 heavy (non-hydrogen) atoms. The van der Waals surface area contributed by atoms with Crippen molar-refractivity contribution in [2.24, 2.45) is 0 Å². The normalized spacial score (nSPS) is 11.8. The molecule has 1 aromatic heterocycles. The predicted molar refractivity (Wildman–Crippen MR) is 231 cm³/mol. The van der Waals surface area contributed by atoms with Gasteiger partial charge in [0.15, 0.2) is 0 Å². The highest BCUT2D eigenvalue weighted by molar-refractivity contribution is 7.25. The standard InChI is InChI=1S/C52H32S/c1-2-12-34-27-39(24-23-33(34)11-1)35-15-9-17-41(28-35)51-43-19-5-7-21-45(43)52(46-22-8-6-20-44(46)51)42-18-10-16-36(29-42)40-25-26-49-47(31-40)48-30-37-13-3-4-14-38(37)32-50(48)53-49/h1-32H. The van der Waals surface area contributed by atoms with Gasteiger partial charge in [-0.15, -0.1) is 11.3 Å². The summed E-state index contributed by atoms with van der Waals surface area (Å²) in [4.78, 5) is 0. The smallest absolute Gasteiger partial charge is 0.0361 e. The molecular formula is C52H32S. The lowest BCUT2D eigenvalue weighted by atomic mass is 9.85. The van der Waals surface area contributed by atoms with Crippen molar-refractivity contribution in [2.45, 2.75) is 0 Å². The first-order valence-corrected chi connectivity index (χ1v) is 19.1. The van der Waals surface area contributed by atoms with Gasteiger partial charge in [0.25, 0.3) is 0 Å². The lowest BCUT2D eigenvalue weighted by Gasteiger charge is -2.18. The van der Waals surface area contributed by atoms with Gasteiger partial charge in [0.05, 0.1) is 0 Å². The number of fused-ring (bicyclic) bond motifs is 7. The summed E-state index contributed by atoms with van der Waals surface area (Å²) in [7, 11) is 0. The van der Waals surface area contributed by atoms with E-state index in [9.17, 15) is 0 Å². The lowest BCUT2D eigenvalue weighted by molar-refractivity contribution is 1.62. The molecule has 10 aromatic carbocycles. The van der Waals surface area contributed by atoms with Crippen molar-refractivity contribution in [3.8, 4) is 44.5 Å². The van der Waals surface area contributed by atoms with Gasteiger partial charge in [-0.1, -0.05) is 152 Å². The largest absolute Gasteiger partial charge is 0.135 e. The SMILES string of the molecule is c1cc(-c2ccc3ccccc3c2)cc(-c2c3ccccc3c(-c3cccc(-c4ccc5sc6cc7ccccc7cc6c5c4)c3)c3ccccc23)c1. The van der Waals surface area contributed by atoms with Crippen molar-refractivity contribution in [1.29, 1.82) is 0 Å². The van der Waals surface area contributed by atoms with Crippen LogP contribution in [0.15, 0.2) is 194 Å². The molecule has 0 radical (unpaired) electrons. The molecule has 0 nitrogen and oxygen atoms in total. The average Bonchev–Trinajstić information content (AvgIpc) is 3.58. The van der Waals surface area contributed by atoms with E-state index in [0.29, 0.717) is 0 Å². The molecule has 0 aliphatic carbocycles. The van der Waals surface area contributed by atoms with Crippen LogP contribution in [0.3, 0.4) is 0 Å². The summed E-state index contributed by atoms with van der Waals surface area (Å²) in [5.41, 5.74) is 9.94. The highest BCUT2D eigenvalue weighted by atomic mass is 32.1. The van der Waals surface area contributed by atoms with E-state index in [4.69, 9.17) is 0 Å². The zero-order valence-electron chi connectivity index (χ0n) is 28.9. The summed E-state index contributed by atoms with van der Waals surface area (Å²) >= 11 is 1.88. The Morgan fingerprint density at radius 2 is 0.660 bits per heavy atom. The van der Waals surface area contributed by atoms with Crippen molar-refractivity contribution in [1.82, 2.24) is 0 Å². The molecule has 246 valence electrons. The summed E-state index contributed by atoms with van der Waals surface area (Å²) < 4.78 is 2.66. The van der Waals surface area contributed by atoms with E-state index in [1.54, 1.807) is 0 Å². The van der Waals surface area contributed by atoms with Crippen LogP contribution in [0.5, 0.6) is 0 Å². The third-order valence-corrected chi connectivity index (χ3v) is 12.1. The summed E-state index contributed by atoms with van der Waals surface area (Å²) in [6.45, 7) is 0. The topological polar surface area (TPSA) is 0 Å². The molecule has 0 bridgehead atoms. The van der Waals surface area contributed by atoms with Crippen LogP contribution in [0.2, 0.25) is 0 Å². The maximum Gasteiger partial charge on any atom is 0.0361 e. The Balaban J connectivity index is 1.07. The molecule has 0 N–H and O–H groups in total. The van der Waals surface area contributed by atoms with E-state index in [0.717, 1.165) is 0 Å². The predicted octanol–water partition coefficient (Wildman–Crippen LogP) is 15.3. The lowest BCUT2D eigenvalue weighted by Crippen LogP contribution is -1.91. The fraction of sp³-hybridized carbons (Fsp3) is 0. The van der Waals surface area contributed by atoms with Gasteiger partial charge >= 0.3 is 0 Å². The molecule has 0 saturated heterocycles. The summed E-state index contributed by atoms with van der Waals surface area (Å²) in [6.07, 6.45) is 0. The van der Waals surface area contributed by atoms with Crippen molar-refractivity contribution >= 4 is 74.6 Å². The van der Waals surface area contributed by atoms with Gasteiger partial charge in [0.1, 0.15) is 0 Å². The van der Waals surface area contributed by atoms with Crippen LogP contribution in [0, 0.1) is 0 Å². The molecule has 0 saturated carbocycles. The minimum absolute atomic E-state index is 1.22. The first kappa shape index (κ1) is 30.1. The van der Waals surface area contributed by atoms with Crippen molar-refractivity contribution in [2.75, 3.05) is 0 Å². The van der Waals surface area contributed by atoms with Crippen LogP contribution < -0.4 is 0 Å². The van der Waals surface area contributed by atoms with Crippen LogP contribution in [-0.4, -0.2) is 0 Å². The Labute approximate surface area is 311 Å². The molecule has 0 unspecified atom stereocenters. The fourth-order valence-electron chi connectivity index (χ4n) is 8.47. The molecule has 1 heterocycles. The van der Waals surface area contributed by atoms with Crippen LogP contribution in [-0.2, 0) is 0 Å². The Hall–Kier alpha value is -6.54. The van der Waals surface area contributed by atoms with Crippen LogP contribution in [0.25, 0.3) is 108 Å². The minimum atomic E-state index is 1.22. The molecular weight excluding hydrogens is 657 g/mol. The van der Waals surface area contributed by atoms with Gasteiger partial charge in [-0.25, -0.2) is 0 Å². The van der Waals surface area contributed by atoms with Crippen LogP contribution in [0.4, 0.5) is 0 Å². The van der Waals surface area contributed by atoms with Gasteiger partial charge in [0, 0.05) is 20.2 Å². The first-order chi connectivity index (χ1) is 26.2. The van der Waals surface area contributed by atoms with Crippen LogP contribution in [0.1, 0.15) is 0 Å². The Morgan fingerprint density at radius 3 is 1.26 bits per heavy atom. The van der Waals surface area contributed by atoms with Gasteiger partial charge in [0.2, 0.25) is 0 Å². The number of hydrogen-bond acceptors (Lipinski definition) is 1. The average molecular weight is 689 g/mol. The third-order valence-electron chi connectivity index (χ3n) is 11.0. The molecule has 0 amide bonds. The second-order valence-electron chi connectivity index (χ2n) is 14.1. The third kappa shape index (κ3) is 4.97. The number of hydrogen-bond donors (Lipinski definition) is 0. The molecule has 1 heteroatoms. The molecule has 0 aliphatic heterocycles. The summed E-state index contributed by atoms with van der Waals surface area (Å²) in [6, 6.07) is 71.9. The van der Waals surface area contributed by atoms with Crippen molar-refractivity contribution in [3.63, 3.8) is 0 Å². The van der Waals surface area contributed by atoms with E-state index in [1.807, 2.05) is 11.3 Å². The zero-order chi connectivity index (χ0) is 34.9. The first-order valence-electron chi connectivity index (χ1n) is 18.2. The molecule has 0 spiro atoms. The fourth-order valence-corrected chi connectivity index (χ4v) is 9.59. The Kier molecular flexibility index (Phi) is 6.83. The van der Waals surface area contributed by atoms with Gasteiger partial charge in [-0.05, 0) is 130 Å². The number of rotatable bonds is 4. The second kappa shape index (κ2) is 12.0. The van der Waals surface area contributed by atoms with E-state index in [-0.39, 0.29) is 0 Å². The molecule has 11 aromatic rings. The summed E-state index contributed by atoms with van der Waals surface area (Å²) in [5, 5.41) is 12.8. The quantitative estimate of drug-likeness (QED) is 0.162. The number of thiophene rings is 1. The number of benzene rings is 10. The van der Waals surface area contributed by atoms with Crippen LogP contribution >= 0.6 is 11.3 Å². The van der Waals surface area contributed by atoms with E-state index in [2.05, 4.69) is 194 Å². The van der Waals surface area contributed by atoms with Crippen molar-refractivity contribution in [3.05, 3.63) is 194 Å². The van der Waals surface area contributed by atoms with Gasteiger partial charge < -0.3 is 0 Å². The highest BCUT2D eigenvalue weighted by Gasteiger charge is 2.18. The molecule has 0 fully saturated rings. The summed E-state index contributed by atoms with van der Waals surface area (Å²) in [5.74, 6) is 0. The highest BCUT2D eigenvalue weighted by Crippen LogP contribution is 2.45. The maximum absolute atomic E-state index is 2.39. The van der Waals surface area contributed by atoms with Gasteiger partial charge in [-0.2, -0.15) is 0 Å². The zero-order valence-corrected chi connectivity index (χ0v) is 29.7. The van der Waals surface area contributed by atoms with Crippen molar-refractivity contribution < 1.29 is 0 Å². The van der Waals surface area contributed by atoms with E-state index in [1.165, 1.54) is 108 Å². The second-order valence-corrected chi connectivity index (χ2v) is 15.2. The minimum Gasteiger partial charge on any atom is -0.135 e. The monoisotopic (exact) mass is 688 g/mol. The molecule has 0 aliphatic rings. The van der Waals surface area contributed by atoms with Gasteiger partial charge in [-0.3, -0.25) is 0 Å².